The maximum atomic E-state index is 12.3. The van der Waals surface area contributed by atoms with Gasteiger partial charge in [-0.1, -0.05) is 19.1 Å². The summed E-state index contributed by atoms with van der Waals surface area (Å²) in [5, 5.41) is 2.94. The van der Waals surface area contributed by atoms with Crippen LogP contribution in [0.15, 0.2) is 24.3 Å². The van der Waals surface area contributed by atoms with Crippen LogP contribution in [0.3, 0.4) is 0 Å². The minimum absolute atomic E-state index is 0.0295. The number of carbonyl (C=O) groups is 1. The highest BCUT2D eigenvalue weighted by Gasteiger charge is 2.33. The Bertz CT molecular complexity index is 496. The number of anilines is 1. The van der Waals surface area contributed by atoms with Gasteiger partial charge in [0, 0.05) is 17.3 Å². The van der Waals surface area contributed by atoms with E-state index in [9.17, 15) is 4.79 Å². The number of amides is 1. The molecule has 1 amide bonds. The zero-order valence-corrected chi connectivity index (χ0v) is 12.7. The van der Waals surface area contributed by atoms with E-state index >= 15 is 0 Å². The van der Waals surface area contributed by atoms with Crippen molar-refractivity contribution in [2.24, 2.45) is 5.73 Å². The van der Waals surface area contributed by atoms with Gasteiger partial charge in [0.05, 0.1) is 6.04 Å². The molecule has 0 saturated heterocycles. The summed E-state index contributed by atoms with van der Waals surface area (Å²) in [6, 6.07) is 7.77. The summed E-state index contributed by atoms with van der Waals surface area (Å²) in [5.41, 5.74) is 7.13. The molecule has 1 saturated carbocycles. The fourth-order valence-electron chi connectivity index (χ4n) is 2.37. The van der Waals surface area contributed by atoms with Crippen molar-refractivity contribution in [1.82, 2.24) is 4.90 Å². The second-order valence-electron chi connectivity index (χ2n) is 5.17. The van der Waals surface area contributed by atoms with Crippen molar-refractivity contribution in [3.8, 4) is 0 Å². The zero-order chi connectivity index (χ0) is 14.7. The number of nitrogens with one attached hydrogen (secondary N) is 1. The monoisotopic (exact) mass is 291 g/mol. The molecule has 1 fully saturated rings. The molecule has 5 heteroatoms. The molecule has 1 unspecified atom stereocenters. The van der Waals surface area contributed by atoms with Gasteiger partial charge in [-0.25, -0.2) is 0 Å². The zero-order valence-electron chi connectivity index (χ0n) is 11.9. The summed E-state index contributed by atoms with van der Waals surface area (Å²) >= 11 is 4.90. The molecule has 0 spiro atoms. The molecule has 1 atom stereocenters. The third-order valence-electron chi connectivity index (χ3n) is 3.69. The first-order valence-electron chi connectivity index (χ1n) is 6.99. The van der Waals surface area contributed by atoms with Crippen molar-refractivity contribution >= 4 is 28.8 Å². The molecule has 0 aliphatic heterocycles. The average Bonchev–Trinajstić information content (AvgIpc) is 3.24. The van der Waals surface area contributed by atoms with Crippen LogP contribution in [0.25, 0.3) is 0 Å². The van der Waals surface area contributed by atoms with Crippen LogP contribution in [0.2, 0.25) is 0 Å². The van der Waals surface area contributed by atoms with E-state index in [1.54, 1.807) is 0 Å². The Morgan fingerprint density at radius 2 is 2.05 bits per heavy atom. The van der Waals surface area contributed by atoms with Crippen LogP contribution >= 0.6 is 12.2 Å². The molecule has 1 aliphatic carbocycles. The SMILES string of the molecule is CCN(C1CC1)C(C)C(=O)Nc1ccc(C(N)=S)cc1. The molecule has 1 aromatic rings. The van der Waals surface area contributed by atoms with Crippen molar-refractivity contribution in [2.45, 2.75) is 38.8 Å². The summed E-state index contributed by atoms with van der Waals surface area (Å²) in [7, 11) is 0. The van der Waals surface area contributed by atoms with Crippen LogP contribution in [0.4, 0.5) is 5.69 Å². The number of nitrogens with two attached hydrogens (primary N) is 1. The molecule has 0 aromatic heterocycles. The van der Waals surface area contributed by atoms with Gasteiger partial charge in [-0.15, -0.1) is 0 Å². The summed E-state index contributed by atoms with van der Waals surface area (Å²) in [6.07, 6.45) is 2.40. The van der Waals surface area contributed by atoms with Gasteiger partial charge >= 0.3 is 0 Å². The fraction of sp³-hybridized carbons (Fsp3) is 0.467. The number of hydrogen-bond acceptors (Lipinski definition) is 3. The Morgan fingerprint density at radius 3 is 2.50 bits per heavy atom. The molecule has 1 aliphatic rings. The molecule has 0 bridgehead atoms. The van der Waals surface area contributed by atoms with E-state index in [1.165, 1.54) is 12.8 Å². The molecule has 3 N–H and O–H groups in total. The summed E-state index contributed by atoms with van der Waals surface area (Å²) < 4.78 is 0. The number of nitrogens with zero attached hydrogens (tertiary/aromatic N) is 1. The smallest absolute Gasteiger partial charge is 0.241 e. The van der Waals surface area contributed by atoms with Crippen molar-refractivity contribution in [2.75, 3.05) is 11.9 Å². The highest BCUT2D eigenvalue weighted by atomic mass is 32.1. The lowest BCUT2D eigenvalue weighted by atomic mass is 10.2. The van der Waals surface area contributed by atoms with E-state index in [0.29, 0.717) is 11.0 Å². The van der Waals surface area contributed by atoms with Gasteiger partial charge in [0.15, 0.2) is 0 Å². The van der Waals surface area contributed by atoms with Crippen LogP contribution in [-0.4, -0.2) is 34.4 Å². The molecular formula is C15H21N3OS. The van der Waals surface area contributed by atoms with Crippen LogP contribution in [0.1, 0.15) is 32.3 Å². The topological polar surface area (TPSA) is 58.4 Å². The highest BCUT2D eigenvalue weighted by Crippen LogP contribution is 2.28. The Labute approximate surface area is 125 Å². The van der Waals surface area contributed by atoms with Gasteiger partial charge in [0.25, 0.3) is 0 Å². The summed E-state index contributed by atoms with van der Waals surface area (Å²) in [5.74, 6) is 0.0295. The van der Waals surface area contributed by atoms with Gasteiger partial charge < -0.3 is 11.1 Å². The van der Waals surface area contributed by atoms with Crippen LogP contribution in [0, 0.1) is 0 Å². The van der Waals surface area contributed by atoms with Gasteiger partial charge in [0.1, 0.15) is 4.99 Å². The minimum atomic E-state index is -0.109. The minimum Gasteiger partial charge on any atom is -0.389 e. The Balaban J connectivity index is 1.97. The van der Waals surface area contributed by atoms with Gasteiger partial charge in [-0.3, -0.25) is 9.69 Å². The largest absolute Gasteiger partial charge is 0.389 e. The maximum Gasteiger partial charge on any atom is 0.241 e. The lowest BCUT2D eigenvalue weighted by Gasteiger charge is -2.26. The number of carbonyl (C=O) groups excluding carboxylic acids is 1. The normalized spacial score (nSPS) is 15.9. The number of thiocarbonyl (C=S) groups is 1. The molecule has 0 heterocycles. The van der Waals surface area contributed by atoms with Gasteiger partial charge in [-0.2, -0.15) is 0 Å². The summed E-state index contributed by atoms with van der Waals surface area (Å²) in [6.45, 7) is 4.96. The fourth-order valence-corrected chi connectivity index (χ4v) is 2.51. The van der Waals surface area contributed by atoms with Crippen molar-refractivity contribution in [3.05, 3.63) is 29.8 Å². The molecule has 2 rings (SSSR count). The van der Waals surface area contributed by atoms with E-state index in [2.05, 4.69) is 17.1 Å². The number of rotatable bonds is 6. The number of benzene rings is 1. The summed E-state index contributed by atoms with van der Waals surface area (Å²) in [4.78, 5) is 14.9. The van der Waals surface area contributed by atoms with Gasteiger partial charge in [0.2, 0.25) is 5.91 Å². The van der Waals surface area contributed by atoms with E-state index < -0.39 is 0 Å². The van der Waals surface area contributed by atoms with E-state index in [0.717, 1.165) is 17.8 Å². The molecule has 108 valence electrons. The Kier molecular flexibility index (Phi) is 4.73. The van der Waals surface area contributed by atoms with Crippen LogP contribution in [-0.2, 0) is 4.79 Å². The lowest BCUT2D eigenvalue weighted by molar-refractivity contribution is -0.120. The second-order valence-corrected chi connectivity index (χ2v) is 5.61. The lowest BCUT2D eigenvalue weighted by Crippen LogP contribution is -2.43. The van der Waals surface area contributed by atoms with Crippen molar-refractivity contribution in [1.29, 1.82) is 0 Å². The quantitative estimate of drug-likeness (QED) is 0.788. The molecule has 0 radical (unpaired) electrons. The Morgan fingerprint density at radius 1 is 1.45 bits per heavy atom. The predicted molar refractivity (Wildman–Crippen MR) is 85.8 cm³/mol. The van der Waals surface area contributed by atoms with E-state index in [4.69, 9.17) is 18.0 Å². The first kappa shape index (κ1) is 14.9. The number of hydrogen-bond donors (Lipinski definition) is 2. The molecule has 1 aromatic carbocycles. The third kappa shape index (κ3) is 3.55. The average molecular weight is 291 g/mol. The third-order valence-corrected chi connectivity index (χ3v) is 3.93. The molecule has 20 heavy (non-hydrogen) atoms. The Hall–Kier alpha value is -1.46. The van der Waals surface area contributed by atoms with Crippen molar-refractivity contribution < 1.29 is 4.79 Å². The van der Waals surface area contributed by atoms with Crippen LogP contribution < -0.4 is 11.1 Å². The standard InChI is InChI=1S/C15H21N3OS/c1-3-18(13-8-9-13)10(2)15(19)17-12-6-4-11(5-7-12)14(16)20/h4-7,10,13H,3,8-9H2,1-2H3,(H2,16,20)(H,17,19). The maximum absolute atomic E-state index is 12.3. The second kappa shape index (κ2) is 6.33. The number of likely N-dealkylation sites (N-methyl/N-ethyl adjacent to an activating group) is 1. The van der Waals surface area contributed by atoms with Gasteiger partial charge in [-0.05, 0) is 50.6 Å². The highest BCUT2D eigenvalue weighted by molar-refractivity contribution is 7.80. The first-order valence-corrected chi connectivity index (χ1v) is 7.40. The van der Waals surface area contributed by atoms with Crippen molar-refractivity contribution in [3.63, 3.8) is 0 Å². The van der Waals surface area contributed by atoms with Crippen LogP contribution in [0.5, 0.6) is 0 Å². The van der Waals surface area contributed by atoms with E-state index in [1.807, 2.05) is 31.2 Å². The first-order chi connectivity index (χ1) is 9.52. The predicted octanol–water partition coefficient (Wildman–Crippen LogP) is 2.13. The molecule has 4 nitrogen and oxygen atoms in total. The van der Waals surface area contributed by atoms with E-state index in [-0.39, 0.29) is 11.9 Å². The molecular weight excluding hydrogens is 270 g/mol.